The van der Waals surface area contributed by atoms with Crippen LogP contribution in [-0.4, -0.2) is 143 Å². The zero-order valence-corrected chi connectivity index (χ0v) is 65.0. The Morgan fingerprint density at radius 2 is 0.868 bits per heavy atom. The van der Waals surface area contributed by atoms with Gasteiger partial charge in [-0.3, -0.25) is 42.3 Å². The maximum atomic E-state index is 15.4. The Bertz CT molecular complexity index is 3540. The molecule has 580 valence electrons. The van der Waals surface area contributed by atoms with Gasteiger partial charge in [-0.25, -0.2) is 4.57 Å². The molecule has 2 saturated heterocycles. The first-order valence-electron chi connectivity index (χ1n) is 37.1. The normalized spacial score (nSPS) is 22.7. The lowest BCUT2D eigenvalue weighted by Crippen LogP contribution is -2.69. The number of phosphoric ester groups is 1. The van der Waals surface area contributed by atoms with Crippen molar-refractivity contribution in [2.45, 2.75) is 270 Å². The predicted octanol–water partition coefficient (Wildman–Crippen LogP) is 13.3. The highest BCUT2D eigenvalue weighted by Crippen LogP contribution is 2.55. The number of carbonyl (C=O) groups excluding carboxylic acids is 6. The van der Waals surface area contributed by atoms with E-state index in [1.54, 1.807) is 52.0 Å². The van der Waals surface area contributed by atoms with Crippen LogP contribution >= 0.6 is 7.82 Å². The summed E-state index contributed by atoms with van der Waals surface area (Å²) in [5.41, 5.74) is 4.64. The summed E-state index contributed by atoms with van der Waals surface area (Å²) in [5.74, 6) is -3.94. The number of amides is 2. The SMILES string of the molecule is CCC(=O)O[C@H](CC)CC(=O)NC1[C@H](OCC2O[C@@H](O[Si](C)(C)C(C)(C)C)C(NC(=O)C[C@@H](CC)OCc3ccccc3)[C@@H](OC(=O)C[C@@H](CC)OCc3ccccc3)[C@@H]2OCc2ccccc2)OC(COCc2ccccc2)[C@@H](OP2(=O)OCc3ccccc3CO2)[C@@H]1OC(=O)C[C@@H](CC)OC(=O)CC. The molecule has 24 nitrogen and oxygen atoms in total. The van der Waals surface area contributed by atoms with E-state index in [1.165, 1.54) is 0 Å². The van der Waals surface area contributed by atoms with Crippen molar-refractivity contribution in [2.24, 2.45) is 0 Å². The van der Waals surface area contributed by atoms with Gasteiger partial charge < -0.3 is 67.2 Å². The number of esters is 4. The fourth-order valence-electron chi connectivity index (χ4n) is 11.9. The largest absolute Gasteiger partial charge is 0.475 e. The fourth-order valence-corrected chi connectivity index (χ4v) is 14.4. The van der Waals surface area contributed by atoms with Crippen molar-refractivity contribution in [1.29, 1.82) is 0 Å². The van der Waals surface area contributed by atoms with Crippen molar-refractivity contribution < 1.29 is 103 Å². The molecule has 3 aliphatic heterocycles. The number of fused-ring (bicyclic) bond motifs is 1. The quantitative estimate of drug-likeness (QED) is 0.0159. The molecule has 0 saturated carbocycles. The Balaban J connectivity index is 1.26. The van der Waals surface area contributed by atoms with Crippen molar-refractivity contribution in [3.05, 3.63) is 179 Å². The Morgan fingerprint density at radius 3 is 1.34 bits per heavy atom. The molecule has 2 fully saturated rings. The molecule has 3 aliphatic rings. The van der Waals surface area contributed by atoms with Crippen LogP contribution < -0.4 is 10.6 Å². The van der Waals surface area contributed by atoms with E-state index >= 15 is 18.9 Å². The van der Waals surface area contributed by atoms with Gasteiger partial charge >= 0.3 is 31.7 Å². The van der Waals surface area contributed by atoms with Gasteiger partial charge in [0.05, 0.1) is 90.7 Å². The molecule has 5 aromatic rings. The summed E-state index contributed by atoms with van der Waals surface area (Å²) in [6, 6.07) is 42.0. The zero-order chi connectivity index (χ0) is 76.2. The summed E-state index contributed by atoms with van der Waals surface area (Å²) in [7, 11) is -7.75. The van der Waals surface area contributed by atoms with Crippen LogP contribution in [0.5, 0.6) is 0 Å². The van der Waals surface area contributed by atoms with Gasteiger partial charge in [0.2, 0.25) is 11.8 Å². The maximum Gasteiger partial charge on any atom is 0.475 e. The van der Waals surface area contributed by atoms with Gasteiger partial charge in [-0.05, 0) is 77.2 Å². The third-order valence-corrected chi connectivity index (χ3v) is 25.0. The number of carbonyl (C=O) groups is 6. The van der Waals surface area contributed by atoms with Crippen molar-refractivity contribution in [2.75, 3.05) is 13.2 Å². The third-order valence-electron chi connectivity index (χ3n) is 19.2. The van der Waals surface area contributed by atoms with E-state index in [9.17, 15) is 14.4 Å². The van der Waals surface area contributed by atoms with Crippen LogP contribution in [0.15, 0.2) is 146 Å². The van der Waals surface area contributed by atoms with Gasteiger partial charge in [0, 0.05) is 12.8 Å². The molecular formula is C80H109N2O22PSi. The lowest BCUT2D eigenvalue weighted by atomic mass is 9.95. The van der Waals surface area contributed by atoms with Crippen LogP contribution in [0.2, 0.25) is 18.1 Å². The van der Waals surface area contributed by atoms with Crippen LogP contribution in [0.1, 0.15) is 160 Å². The monoisotopic (exact) mass is 1510 g/mol. The maximum absolute atomic E-state index is 15.4. The molecule has 0 radical (unpaired) electrons. The van der Waals surface area contributed by atoms with Gasteiger partial charge in [-0.1, -0.05) is 208 Å². The van der Waals surface area contributed by atoms with E-state index < -0.39 is 162 Å². The Labute approximate surface area is 625 Å². The van der Waals surface area contributed by atoms with Gasteiger partial charge in [0.25, 0.3) is 0 Å². The molecule has 106 heavy (non-hydrogen) atoms. The summed E-state index contributed by atoms with van der Waals surface area (Å²) in [4.78, 5) is 85.8. The Morgan fingerprint density at radius 1 is 0.472 bits per heavy atom. The zero-order valence-electron chi connectivity index (χ0n) is 63.1. The smallest absolute Gasteiger partial charge is 0.462 e. The van der Waals surface area contributed by atoms with Gasteiger partial charge in [-0.15, -0.1) is 0 Å². The average molecular weight is 1510 g/mol. The minimum Gasteiger partial charge on any atom is -0.462 e. The van der Waals surface area contributed by atoms with E-state index in [0.29, 0.717) is 24.0 Å². The minimum atomic E-state index is -4.75. The topological polar surface area (TPSA) is 282 Å². The molecule has 14 atom stereocenters. The fraction of sp³-hybridized carbons (Fsp3) is 0.550. The van der Waals surface area contributed by atoms with Gasteiger partial charge in [0.15, 0.2) is 33.1 Å². The van der Waals surface area contributed by atoms with Gasteiger partial charge in [-0.2, -0.15) is 0 Å². The van der Waals surface area contributed by atoms with Crippen LogP contribution in [0.4, 0.5) is 0 Å². The molecule has 4 unspecified atom stereocenters. The molecule has 2 amide bonds. The average Bonchev–Trinajstić information content (AvgIpc) is 1.35. The van der Waals surface area contributed by atoms with Crippen LogP contribution in [0, 0.1) is 0 Å². The molecule has 8 rings (SSSR count). The number of hydrogen-bond acceptors (Lipinski definition) is 22. The highest BCUT2D eigenvalue weighted by atomic mass is 31.2. The number of ether oxygens (including phenoxy) is 11. The van der Waals surface area contributed by atoms with Crippen LogP contribution in [0.25, 0.3) is 0 Å². The first kappa shape index (κ1) is 84.5. The molecular weight excluding hydrogens is 1400 g/mol. The molecule has 0 aromatic heterocycles. The van der Waals surface area contributed by atoms with E-state index in [0.717, 1.165) is 22.3 Å². The number of phosphoric acid groups is 1. The highest BCUT2D eigenvalue weighted by molar-refractivity contribution is 7.48. The second kappa shape index (κ2) is 42.0. The number of rotatable bonds is 40. The second-order valence-corrected chi connectivity index (χ2v) is 34.6. The first-order valence-corrected chi connectivity index (χ1v) is 41.5. The van der Waals surface area contributed by atoms with E-state index in [-0.39, 0.29) is 84.8 Å². The highest BCUT2D eigenvalue weighted by Gasteiger charge is 2.57. The summed E-state index contributed by atoms with van der Waals surface area (Å²) in [5, 5.41) is 5.72. The Kier molecular flexibility index (Phi) is 33.5. The molecule has 26 heteroatoms. The standard InChI is InChI=1S/C80H109N2O22PSi/c1-12-60(91-47-55-34-24-19-25-35-55)42-66(83)82-73-76(101-70(87)44-61(13-2)92-48-56-36-26-20-27-37-56)74(93-49-57-38-28-21-29-39-57)65(100-79(73)104-106(10,11)80(7,8)9)53-94-78-72(81-67(84)43-62(14-3)97-68(85)16-5)77(102-71(88)45-63(15-4)98-69(86)17-6)75(64(99-78)52-90-46-54-32-22-18-23-33-54)103-105(89)95-50-58-40-30-31-41-59(58)51-96-105/h18-41,60-65,72-79H,12-17,42-53H2,1-11H3,(H,81,84)(H,82,83)/t60-,61-,62-,63-,64?,65?,72?,73?,74-,75-,76-,77-,78-,79+/m1/s1. The van der Waals surface area contributed by atoms with E-state index in [2.05, 4.69) is 10.6 Å². The molecule has 3 heterocycles. The summed E-state index contributed by atoms with van der Waals surface area (Å²) in [6.45, 7) is 19.8. The molecule has 0 spiro atoms. The van der Waals surface area contributed by atoms with Crippen molar-refractivity contribution in [1.82, 2.24) is 10.6 Å². The second-order valence-electron chi connectivity index (χ2n) is 28.2. The molecule has 0 bridgehead atoms. The molecule has 2 N–H and O–H groups in total. The number of hydrogen-bond donors (Lipinski definition) is 2. The van der Waals surface area contributed by atoms with Gasteiger partial charge in [0.1, 0.15) is 48.7 Å². The van der Waals surface area contributed by atoms with E-state index in [4.69, 9.17) is 70.1 Å². The van der Waals surface area contributed by atoms with Crippen LogP contribution in [0.3, 0.4) is 0 Å². The van der Waals surface area contributed by atoms with Crippen molar-refractivity contribution in [3.8, 4) is 0 Å². The summed E-state index contributed by atoms with van der Waals surface area (Å²) in [6.07, 6.45) is -15.0. The summed E-state index contributed by atoms with van der Waals surface area (Å²) >= 11 is 0. The number of nitrogens with one attached hydrogen (secondary N) is 2. The minimum absolute atomic E-state index is 0.0150. The molecule has 5 aromatic carbocycles. The summed E-state index contributed by atoms with van der Waals surface area (Å²) < 4.78 is 114. The lowest BCUT2D eigenvalue weighted by Gasteiger charge is -2.50. The van der Waals surface area contributed by atoms with Crippen LogP contribution in [-0.2, 0) is 143 Å². The third kappa shape index (κ3) is 26.1. The van der Waals surface area contributed by atoms with Crippen molar-refractivity contribution >= 4 is 51.8 Å². The van der Waals surface area contributed by atoms with E-state index in [1.807, 2.05) is 169 Å². The Hall–Kier alpha value is -7.07. The lowest BCUT2D eigenvalue weighted by molar-refractivity contribution is -0.302. The molecule has 0 aliphatic carbocycles. The predicted molar refractivity (Wildman–Crippen MR) is 395 cm³/mol. The number of benzene rings is 5. The van der Waals surface area contributed by atoms with Crippen molar-refractivity contribution in [3.63, 3.8) is 0 Å². The first-order chi connectivity index (χ1) is 50.9.